The molecule has 0 fully saturated rings. The quantitative estimate of drug-likeness (QED) is 0.196. The van der Waals surface area contributed by atoms with E-state index in [0.29, 0.717) is 12.6 Å². The van der Waals surface area contributed by atoms with E-state index in [-0.39, 0.29) is 0 Å². The molecule has 0 saturated carbocycles. The van der Waals surface area contributed by atoms with Gasteiger partial charge in [0.15, 0.2) is 0 Å². The lowest BCUT2D eigenvalue weighted by atomic mass is 10.2. The van der Waals surface area contributed by atoms with Gasteiger partial charge in [0.2, 0.25) is 5.95 Å². The van der Waals surface area contributed by atoms with Crippen molar-refractivity contribution < 1.29 is 4.74 Å². The number of fused-ring (bicyclic) bond motifs is 1. The summed E-state index contributed by atoms with van der Waals surface area (Å²) in [7, 11) is 1.96. The Morgan fingerprint density at radius 1 is 1.03 bits per heavy atom. The van der Waals surface area contributed by atoms with Crippen molar-refractivity contribution in [2.75, 3.05) is 5.43 Å². The van der Waals surface area contributed by atoms with Crippen molar-refractivity contribution in [2.45, 2.75) is 6.61 Å². The number of aryl methyl sites for hydroxylation is 1. The maximum Gasteiger partial charge on any atom is 0.224 e. The summed E-state index contributed by atoms with van der Waals surface area (Å²) in [5.74, 6) is 1.43. The van der Waals surface area contributed by atoms with Crippen molar-refractivity contribution in [2.24, 2.45) is 12.1 Å². The topological polar surface area (TPSA) is 51.4 Å². The lowest BCUT2D eigenvalue weighted by Gasteiger charge is -2.11. The Labute approximate surface area is 199 Å². The average molecular weight is 593 g/mol. The highest BCUT2D eigenvalue weighted by atomic mass is 79.9. The molecule has 4 rings (SSSR count). The lowest BCUT2D eigenvalue weighted by molar-refractivity contribution is 0.302. The van der Waals surface area contributed by atoms with Gasteiger partial charge in [-0.05, 0) is 79.4 Å². The maximum absolute atomic E-state index is 5.99. The molecule has 0 spiro atoms. The molecule has 0 amide bonds. The first-order valence-electron chi connectivity index (χ1n) is 9.08. The van der Waals surface area contributed by atoms with E-state index >= 15 is 0 Å². The van der Waals surface area contributed by atoms with Gasteiger partial charge in [0.05, 0.1) is 26.2 Å². The molecule has 0 saturated heterocycles. The van der Waals surface area contributed by atoms with Gasteiger partial charge < -0.3 is 9.30 Å². The standard InChI is InChI=1S/C22H17Br3N4O/c1-29-20-5-3-2-4-19(20)27-22(29)28-26-12-15-10-17(24)21(18(25)11-15)30-13-14-6-8-16(23)9-7-14/h2-12H,13H2,1H3,(H,27,28)/b26-12-. The van der Waals surface area contributed by atoms with Gasteiger partial charge in [0, 0.05) is 11.5 Å². The van der Waals surface area contributed by atoms with Crippen LogP contribution in [0, 0.1) is 0 Å². The Bertz CT molecular complexity index is 1200. The third-order valence-electron chi connectivity index (χ3n) is 4.48. The predicted molar refractivity (Wildman–Crippen MR) is 132 cm³/mol. The van der Waals surface area contributed by atoms with Gasteiger partial charge in [-0.1, -0.05) is 40.2 Å². The van der Waals surface area contributed by atoms with Crippen LogP contribution in [0.15, 0.2) is 79.2 Å². The molecule has 0 bridgehead atoms. The zero-order valence-corrected chi connectivity index (χ0v) is 20.7. The average Bonchev–Trinajstić information content (AvgIpc) is 3.05. The van der Waals surface area contributed by atoms with Crippen LogP contribution in [0.1, 0.15) is 11.1 Å². The van der Waals surface area contributed by atoms with E-state index in [4.69, 9.17) is 4.74 Å². The third kappa shape index (κ3) is 4.77. The fraction of sp³-hybridized carbons (Fsp3) is 0.0909. The van der Waals surface area contributed by atoms with E-state index < -0.39 is 0 Å². The summed E-state index contributed by atoms with van der Waals surface area (Å²) < 4.78 is 10.7. The van der Waals surface area contributed by atoms with E-state index in [1.165, 1.54) is 0 Å². The summed E-state index contributed by atoms with van der Waals surface area (Å²) >= 11 is 10.6. The number of ether oxygens (including phenoxy) is 1. The predicted octanol–water partition coefficient (Wildman–Crippen LogP) is 6.89. The second-order valence-corrected chi connectivity index (χ2v) is 9.21. The number of para-hydroxylation sites is 2. The number of nitrogens with zero attached hydrogens (tertiary/aromatic N) is 3. The van der Waals surface area contributed by atoms with Crippen molar-refractivity contribution in [1.29, 1.82) is 0 Å². The Balaban J connectivity index is 1.45. The number of nitrogens with one attached hydrogen (secondary N) is 1. The molecule has 0 atom stereocenters. The van der Waals surface area contributed by atoms with E-state index in [1.54, 1.807) is 6.21 Å². The molecule has 3 aromatic carbocycles. The summed E-state index contributed by atoms with van der Waals surface area (Å²) in [6, 6.07) is 19.9. The highest BCUT2D eigenvalue weighted by Crippen LogP contribution is 2.35. The molecule has 0 radical (unpaired) electrons. The van der Waals surface area contributed by atoms with Crippen LogP contribution in [-0.4, -0.2) is 15.8 Å². The Morgan fingerprint density at radius 2 is 1.73 bits per heavy atom. The second kappa shape index (κ2) is 9.32. The minimum absolute atomic E-state index is 0.478. The first-order valence-corrected chi connectivity index (χ1v) is 11.5. The van der Waals surface area contributed by atoms with Gasteiger partial charge in [-0.25, -0.2) is 10.4 Å². The Morgan fingerprint density at radius 3 is 2.43 bits per heavy atom. The largest absolute Gasteiger partial charge is 0.487 e. The van der Waals surface area contributed by atoms with Crippen molar-refractivity contribution in [1.82, 2.24) is 9.55 Å². The Kier molecular flexibility index (Phi) is 6.55. The summed E-state index contributed by atoms with van der Waals surface area (Å²) in [5.41, 5.74) is 6.99. The summed E-state index contributed by atoms with van der Waals surface area (Å²) in [5, 5.41) is 4.34. The third-order valence-corrected chi connectivity index (χ3v) is 6.19. The fourth-order valence-corrected chi connectivity index (χ4v) is 4.65. The SMILES string of the molecule is Cn1c(N/N=C\c2cc(Br)c(OCc3ccc(Br)cc3)c(Br)c2)nc2ccccc21. The minimum Gasteiger partial charge on any atom is -0.487 e. The van der Waals surface area contributed by atoms with Crippen LogP contribution in [0.3, 0.4) is 0 Å². The highest BCUT2D eigenvalue weighted by molar-refractivity contribution is 9.11. The van der Waals surface area contributed by atoms with Crippen molar-refractivity contribution in [3.8, 4) is 5.75 Å². The molecule has 1 heterocycles. The molecule has 0 aliphatic heterocycles. The summed E-state index contributed by atoms with van der Waals surface area (Å²) in [6.45, 7) is 0.478. The number of imidazole rings is 1. The van der Waals surface area contributed by atoms with Crippen LogP contribution in [-0.2, 0) is 13.7 Å². The van der Waals surface area contributed by atoms with Gasteiger partial charge in [0.25, 0.3) is 0 Å². The monoisotopic (exact) mass is 590 g/mol. The molecule has 8 heteroatoms. The van der Waals surface area contributed by atoms with Crippen molar-refractivity contribution >= 4 is 71.0 Å². The van der Waals surface area contributed by atoms with E-state index in [1.807, 2.05) is 72.3 Å². The minimum atomic E-state index is 0.478. The number of halogens is 3. The van der Waals surface area contributed by atoms with Crippen LogP contribution in [0.25, 0.3) is 11.0 Å². The normalized spacial score (nSPS) is 11.3. The number of hydrogen-bond acceptors (Lipinski definition) is 4. The molecule has 0 unspecified atom stereocenters. The molecular weight excluding hydrogens is 576 g/mol. The van der Waals surface area contributed by atoms with Gasteiger partial charge >= 0.3 is 0 Å². The first kappa shape index (κ1) is 21.1. The second-order valence-electron chi connectivity index (χ2n) is 6.58. The summed E-state index contributed by atoms with van der Waals surface area (Å²) in [4.78, 5) is 4.55. The molecule has 5 nitrogen and oxygen atoms in total. The molecular formula is C22H17Br3N4O. The van der Waals surface area contributed by atoms with Crippen LogP contribution >= 0.6 is 47.8 Å². The number of hydrazone groups is 1. The van der Waals surface area contributed by atoms with Gasteiger partial charge in [-0.3, -0.25) is 0 Å². The lowest BCUT2D eigenvalue weighted by Crippen LogP contribution is -2.00. The van der Waals surface area contributed by atoms with E-state index in [9.17, 15) is 0 Å². The first-order chi connectivity index (χ1) is 14.5. The molecule has 1 aromatic heterocycles. The smallest absolute Gasteiger partial charge is 0.224 e. The van der Waals surface area contributed by atoms with E-state index in [0.717, 1.165) is 41.3 Å². The van der Waals surface area contributed by atoms with Gasteiger partial charge in [0.1, 0.15) is 12.4 Å². The number of benzene rings is 3. The Hall–Kier alpha value is -2.16. The zero-order valence-electron chi connectivity index (χ0n) is 15.9. The van der Waals surface area contributed by atoms with E-state index in [2.05, 4.69) is 63.3 Å². The highest BCUT2D eigenvalue weighted by Gasteiger charge is 2.10. The zero-order chi connectivity index (χ0) is 21.1. The molecule has 152 valence electrons. The summed E-state index contributed by atoms with van der Waals surface area (Å²) in [6.07, 6.45) is 1.74. The van der Waals surface area contributed by atoms with Crippen molar-refractivity contribution in [3.63, 3.8) is 0 Å². The van der Waals surface area contributed by atoms with Crippen LogP contribution in [0.2, 0.25) is 0 Å². The van der Waals surface area contributed by atoms with Crippen LogP contribution < -0.4 is 10.2 Å². The van der Waals surface area contributed by atoms with Crippen molar-refractivity contribution in [3.05, 3.63) is 85.2 Å². The maximum atomic E-state index is 5.99. The van der Waals surface area contributed by atoms with Gasteiger partial charge in [-0.15, -0.1) is 0 Å². The fourth-order valence-electron chi connectivity index (χ4n) is 2.94. The molecule has 1 N–H and O–H groups in total. The number of anilines is 1. The van der Waals surface area contributed by atoms with Gasteiger partial charge in [-0.2, -0.15) is 5.10 Å². The number of rotatable bonds is 6. The molecule has 30 heavy (non-hydrogen) atoms. The molecule has 0 aliphatic rings. The number of aromatic nitrogens is 2. The molecule has 0 aliphatic carbocycles. The van der Waals surface area contributed by atoms with Crippen LogP contribution in [0.5, 0.6) is 5.75 Å². The van der Waals surface area contributed by atoms with Crippen LogP contribution in [0.4, 0.5) is 5.95 Å². The molecule has 4 aromatic rings. The number of hydrogen-bond donors (Lipinski definition) is 1.